The molecule has 0 radical (unpaired) electrons. The van der Waals surface area contributed by atoms with Crippen LogP contribution in [0.5, 0.6) is 0 Å². The predicted octanol–water partition coefficient (Wildman–Crippen LogP) is 5.08. The number of nitrogens with one attached hydrogen (secondary N) is 1. The van der Waals surface area contributed by atoms with E-state index in [2.05, 4.69) is 35.6 Å². The average molecular weight is 343 g/mol. The number of hydrogen-bond acceptors (Lipinski definition) is 1. The van der Waals surface area contributed by atoms with E-state index in [-0.39, 0.29) is 12.4 Å². The molecule has 0 heterocycles. The van der Waals surface area contributed by atoms with Gasteiger partial charge >= 0.3 is 0 Å². The van der Waals surface area contributed by atoms with Crippen molar-refractivity contribution in [3.8, 4) is 0 Å². The molecule has 2 atom stereocenters. The van der Waals surface area contributed by atoms with Crippen molar-refractivity contribution in [2.45, 2.75) is 24.8 Å². The average Bonchev–Trinajstić information content (AvgIpc) is 2.49. The molecule has 0 aromatic heterocycles. The summed E-state index contributed by atoms with van der Waals surface area (Å²) in [5, 5.41) is 4.66. The summed E-state index contributed by atoms with van der Waals surface area (Å²) in [6.07, 6.45) is 2.18. The topological polar surface area (TPSA) is 12.0 Å². The minimum Gasteiger partial charge on any atom is -0.317 e. The number of fused-ring (bicyclic) bond motifs is 1. The molecule has 1 N–H and O–H groups in total. The quantitative estimate of drug-likeness (QED) is 0.802. The minimum absolute atomic E-state index is 0. The van der Waals surface area contributed by atoms with E-state index in [9.17, 15) is 0 Å². The van der Waals surface area contributed by atoms with Crippen LogP contribution in [0, 0.1) is 0 Å². The molecule has 0 unspecified atom stereocenters. The Kier molecular flexibility index (Phi) is 5.56. The normalized spacial score (nSPS) is 20.5. The Morgan fingerprint density at radius 3 is 2.52 bits per heavy atom. The lowest BCUT2D eigenvalue weighted by Crippen LogP contribution is -2.33. The van der Waals surface area contributed by atoms with Crippen LogP contribution < -0.4 is 5.32 Å². The van der Waals surface area contributed by atoms with Crippen LogP contribution in [0.3, 0.4) is 0 Å². The monoisotopic (exact) mass is 341 g/mol. The first-order valence-electron chi connectivity index (χ1n) is 6.89. The van der Waals surface area contributed by atoms with Crippen LogP contribution in [-0.4, -0.2) is 13.1 Å². The number of likely N-dealkylation sites (N-methyl/N-ethyl adjacent to an activating group) is 1. The molecule has 0 aliphatic heterocycles. The number of hydrogen-bond donors (Lipinski definition) is 1. The van der Waals surface area contributed by atoms with Gasteiger partial charge in [0.1, 0.15) is 0 Å². The second-order valence-corrected chi connectivity index (χ2v) is 6.16. The van der Waals surface area contributed by atoms with E-state index in [0.29, 0.717) is 22.0 Å². The van der Waals surface area contributed by atoms with Gasteiger partial charge in [-0.3, -0.25) is 0 Å². The van der Waals surface area contributed by atoms with Crippen molar-refractivity contribution in [3.63, 3.8) is 0 Å². The molecule has 112 valence electrons. The molecule has 1 nitrogen and oxygen atoms in total. The van der Waals surface area contributed by atoms with E-state index >= 15 is 0 Å². The Morgan fingerprint density at radius 2 is 1.81 bits per heavy atom. The molecule has 0 fully saturated rings. The van der Waals surface area contributed by atoms with E-state index in [1.807, 2.05) is 19.2 Å². The number of benzene rings is 2. The highest BCUT2D eigenvalue weighted by Gasteiger charge is 2.27. The van der Waals surface area contributed by atoms with Crippen LogP contribution >= 0.6 is 35.6 Å². The van der Waals surface area contributed by atoms with Crippen molar-refractivity contribution in [2.24, 2.45) is 0 Å². The zero-order valence-corrected chi connectivity index (χ0v) is 14.1. The van der Waals surface area contributed by atoms with Crippen LogP contribution in [0.15, 0.2) is 42.5 Å². The van der Waals surface area contributed by atoms with Crippen LogP contribution in [0.4, 0.5) is 0 Å². The van der Waals surface area contributed by atoms with Crippen molar-refractivity contribution in [3.05, 3.63) is 69.2 Å². The van der Waals surface area contributed by atoms with Gasteiger partial charge in [0.25, 0.3) is 0 Å². The molecule has 2 aromatic rings. The van der Waals surface area contributed by atoms with Gasteiger partial charge in [-0.15, -0.1) is 12.4 Å². The lowest BCUT2D eigenvalue weighted by molar-refractivity contribution is 0.465. The summed E-state index contributed by atoms with van der Waals surface area (Å²) in [6.45, 7) is 0. The minimum atomic E-state index is 0. The Balaban J connectivity index is 0.00000161. The highest BCUT2D eigenvalue weighted by molar-refractivity contribution is 6.42. The largest absolute Gasteiger partial charge is 0.317 e. The Hall–Kier alpha value is -0.730. The summed E-state index contributed by atoms with van der Waals surface area (Å²) >= 11 is 12.2. The fourth-order valence-electron chi connectivity index (χ4n) is 3.08. The van der Waals surface area contributed by atoms with E-state index in [0.717, 1.165) is 12.8 Å². The zero-order valence-electron chi connectivity index (χ0n) is 11.8. The zero-order chi connectivity index (χ0) is 14.1. The van der Waals surface area contributed by atoms with E-state index in [4.69, 9.17) is 23.2 Å². The first-order valence-corrected chi connectivity index (χ1v) is 7.64. The first kappa shape index (κ1) is 16.6. The third-order valence-electron chi connectivity index (χ3n) is 4.17. The standard InChI is InChI=1S/C17H17Cl2N.ClH/c1-20-13-8-11-4-2-3-5-14(11)15(10-13)12-6-7-16(18)17(19)9-12;/h2-7,9,13,15,20H,8,10H2,1H3;1H/t13-,15+;/m0./s1. The number of halogens is 3. The molecule has 21 heavy (non-hydrogen) atoms. The van der Waals surface area contributed by atoms with Crippen molar-refractivity contribution in [1.29, 1.82) is 0 Å². The molecule has 1 aliphatic carbocycles. The van der Waals surface area contributed by atoms with E-state index in [1.54, 1.807) is 0 Å². The third-order valence-corrected chi connectivity index (χ3v) is 4.91. The molecule has 0 bridgehead atoms. The summed E-state index contributed by atoms with van der Waals surface area (Å²) in [5.41, 5.74) is 4.08. The van der Waals surface area contributed by atoms with E-state index in [1.165, 1.54) is 16.7 Å². The smallest absolute Gasteiger partial charge is 0.0595 e. The summed E-state index contributed by atoms with van der Waals surface area (Å²) < 4.78 is 0. The van der Waals surface area contributed by atoms with Gasteiger partial charge in [-0.25, -0.2) is 0 Å². The molecule has 0 saturated carbocycles. The first-order chi connectivity index (χ1) is 9.69. The maximum Gasteiger partial charge on any atom is 0.0595 e. The van der Waals surface area contributed by atoms with Gasteiger partial charge in [0.05, 0.1) is 10.0 Å². The van der Waals surface area contributed by atoms with Crippen LogP contribution in [0.1, 0.15) is 29.0 Å². The van der Waals surface area contributed by atoms with Gasteiger partial charge in [-0.2, -0.15) is 0 Å². The molecular formula is C17H18Cl3N. The highest BCUT2D eigenvalue weighted by atomic mass is 35.5. The van der Waals surface area contributed by atoms with Crippen molar-refractivity contribution in [1.82, 2.24) is 5.32 Å². The van der Waals surface area contributed by atoms with Gasteiger partial charge in [-0.1, -0.05) is 53.5 Å². The molecular weight excluding hydrogens is 325 g/mol. The van der Waals surface area contributed by atoms with Gasteiger partial charge in [-0.05, 0) is 48.7 Å². The maximum atomic E-state index is 6.18. The Morgan fingerprint density at radius 1 is 1.05 bits per heavy atom. The summed E-state index contributed by atoms with van der Waals surface area (Å²) in [5.74, 6) is 0.382. The second-order valence-electron chi connectivity index (χ2n) is 5.35. The van der Waals surface area contributed by atoms with Crippen molar-refractivity contribution in [2.75, 3.05) is 7.05 Å². The molecule has 4 heteroatoms. The lowest BCUT2D eigenvalue weighted by atomic mass is 9.77. The van der Waals surface area contributed by atoms with Gasteiger partial charge < -0.3 is 5.32 Å². The lowest BCUT2D eigenvalue weighted by Gasteiger charge is -2.32. The summed E-state index contributed by atoms with van der Waals surface area (Å²) in [6, 6.07) is 15.2. The Bertz CT molecular complexity index is 627. The molecule has 0 amide bonds. The SMILES string of the molecule is CN[C@H]1Cc2ccccc2[C@@H](c2ccc(Cl)c(Cl)c2)C1.Cl. The van der Waals surface area contributed by atoms with Crippen molar-refractivity contribution >= 4 is 35.6 Å². The Labute approximate surface area is 142 Å². The fourth-order valence-corrected chi connectivity index (χ4v) is 3.39. The van der Waals surface area contributed by atoms with Crippen LogP contribution in [0.2, 0.25) is 10.0 Å². The van der Waals surface area contributed by atoms with Crippen LogP contribution in [0.25, 0.3) is 0 Å². The summed E-state index contributed by atoms with van der Waals surface area (Å²) in [4.78, 5) is 0. The second kappa shape index (κ2) is 7.02. The number of rotatable bonds is 2. The molecule has 3 rings (SSSR count). The molecule has 1 aliphatic rings. The predicted molar refractivity (Wildman–Crippen MR) is 93.2 cm³/mol. The summed E-state index contributed by atoms with van der Waals surface area (Å²) in [7, 11) is 2.03. The van der Waals surface area contributed by atoms with Gasteiger partial charge in [0.2, 0.25) is 0 Å². The highest BCUT2D eigenvalue weighted by Crippen LogP contribution is 2.38. The van der Waals surface area contributed by atoms with E-state index < -0.39 is 0 Å². The van der Waals surface area contributed by atoms with Crippen molar-refractivity contribution < 1.29 is 0 Å². The molecule has 0 saturated heterocycles. The third kappa shape index (κ3) is 3.37. The molecule has 2 aromatic carbocycles. The fraction of sp³-hybridized carbons (Fsp3) is 0.294. The van der Waals surface area contributed by atoms with Gasteiger partial charge in [0, 0.05) is 12.0 Å². The maximum absolute atomic E-state index is 6.18. The molecule has 0 spiro atoms. The van der Waals surface area contributed by atoms with Crippen LogP contribution in [-0.2, 0) is 6.42 Å². The van der Waals surface area contributed by atoms with Gasteiger partial charge in [0.15, 0.2) is 0 Å².